The van der Waals surface area contributed by atoms with E-state index in [1.54, 1.807) is 36.7 Å². The Hall–Kier alpha value is -1.65. The zero-order valence-corrected chi connectivity index (χ0v) is 11.5. The highest BCUT2D eigenvalue weighted by Crippen LogP contribution is 2.20. The van der Waals surface area contributed by atoms with Crippen molar-refractivity contribution < 1.29 is 4.74 Å². The second-order valence-electron chi connectivity index (χ2n) is 4.08. The summed E-state index contributed by atoms with van der Waals surface area (Å²) in [5.41, 5.74) is 0.900. The first-order valence-electron chi connectivity index (χ1n) is 6.23. The van der Waals surface area contributed by atoms with Crippen LogP contribution >= 0.6 is 11.6 Å². The summed E-state index contributed by atoms with van der Waals surface area (Å²) in [6.07, 6.45) is 4.44. The summed E-state index contributed by atoms with van der Waals surface area (Å²) < 4.78 is 5.56. The van der Waals surface area contributed by atoms with Gasteiger partial charge in [0.1, 0.15) is 5.75 Å². The molecule has 0 amide bonds. The molecule has 1 aromatic carbocycles. The minimum Gasteiger partial charge on any atom is -0.438 e. The van der Waals surface area contributed by atoms with Crippen LogP contribution in [0.2, 0.25) is 5.02 Å². The minimum absolute atomic E-state index is 0.474. The van der Waals surface area contributed by atoms with Gasteiger partial charge in [0.25, 0.3) is 0 Å². The fourth-order valence-electron chi connectivity index (χ4n) is 1.50. The molecule has 0 fully saturated rings. The first kappa shape index (κ1) is 13.8. The molecule has 0 saturated heterocycles. The molecule has 0 radical (unpaired) electrons. The van der Waals surface area contributed by atoms with Crippen LogP contribution in [0.15, 0.2) is 36.7 Å². The minimum atomic E-state index is 0.474. The third kappa shape index (κ3) is 4.50. The summed E-state index contributed by atoms with van der Waals surface area (Å²) in [6.45, 7) is 3.83. The van der Waals surface area contributed by atoms with Gasteiger partial charge in [0.2, 0.25) is 5.88 Å². The summed E-state index contributed by atoms with van der Waals surface area (Å²) >= 11 is 5.81. The van der Waals surface area contributed by atoms with Gasteiger partial charge in [-0.15, -0.1) is 0 Å². The van der Waals surface area contributed by atoms with Crippen molar-refractivity contribution in [2.75, 3.05) is 6.54 Å². The molecule has 0 unspecified atom stereocenters. The normalized spacial score (nSPS) is 10.4. The van der Waals surface area contributed by atoms with E-state index >= 15 is 0 Å². The van der Waals surface area contributed by atoms with E-state index in [0.717, 1.165) is 25.2 Å². The highest BCUT2D eigenvalue weighted by molar-refractivity contribution is 6.30. The average Bonchev–Trinajstić information content (AvgIpc) is 2.44. The molecular weight excluding hydrogens is 262 g/mol. The van der Waals surface area contributed by atoms with Crippen LogP contribution in [0.1, 0.15) is 19.0 Å². The third-order valence-electron chi connectivity index (χ3n) is 2.45. The highest BCUT2D eigenvalue weighted by atomic mass is 35.5. The van der Waals surface area contributed by atoms with E-state index in [0.29, 0.717) is 16.7 Å². The Morgan fingerprint density at radius 2 is 1.95 bits per heavy atom. The first-order valence-corrected chi connectivity index (χ1v) is 6.61. The van der Waals surface area contributed by atoms with E-state index in [-0.39, 0.29) is 0 Å². The molecule has 0 aliphatic carbocycles. The predicted octanol–water partition coefficient (Wildman–Crippen LogP) is 3.42. The van der Waals surface area contributed by atoms with Crippen LogP contribution in [0.25, 0.3) is 0 Å². The number of benzene rings is 1. The molecule has 0 spiro atoms. The van der Waals surface area contributed by atoms with Crippen LogP contribution in [0, 0.1) is 0 Å². The smallest absolute Gasteiger partial charge is 0.237 e. The second kappa shape index (κ2) is 7.07. The molecule has 1 heterocycles. The lowest BCUT2D eigenvalue weighted by atomic mass is 10.3. The Labute approximate surface area is 117 Å². The Morgan fingerprint density at radius 1 is 1.16 bits per heavy atom. The van der Waals surface area contributed by atoms with E-state index in [2.05, 4.69) is 22.2 Å². The predicted molar refractivity (Wildman–Crippen MR) is 75.6 cm³/mol. The number of nitrogens with zero attached hydrogens (tertiary/aromatic N) is 2. The Balaban J connectivity index is 1.92. The van der Waals surface area contributed by atoms with E-state index in [4.69, 9.17) is 16.3 Å². The van der Waals surface area contributed by atoms with Crippen LogP contribution in [-0.2, 0) is 6.54 Å². The zero-order chi connectivity index (χ0) is 13.5. The van der Waals surface area contributed by atoms with E-state index in [9.17, 15) is 0 Å². The maximum Gasteiger partial charge on any atom is 0.237 e. The van der Waals surface area contributed by atoms with Crippen molar-refractivity contribution in [1.82, 2.24) is 15.3 Å². The molecule has 0 bridgehead atoms. The van der Waals surface area contributed by atoms with E-state index in [1.807, 2.05) is 0 Å². The number of hydrogen-bond acceptors (Lipinski definition) is 4. The van der Waals surface area contributed by atoms with Gasteiger partial charge in [0.15, 0.2) is 0 Å². The van der Waals surface area contributed by atoms with E-state index in [1.165, 1.54) is 0 Å². The number of halogens is 1. The second-order valence-corrected chi connectivity index (χ2v) is 4.52. The van der Waals surface area contributed by atoms with Gasteiger partial charge in [0, 0.05) is 11.6 Å². The van der Waals surface area contributed by atoms with E-state index < -0.39 is 0 Å². The number of hydrogen-bond donors (Lipinski definition) is 1. The summed E-state index contributed by atoms with van der Waals surface area (Å²) in [5, 5.41) is 3.95. The van der Waals surface area contributed by atoms with Gasteiger partial charge in [-0.1, -0.05) is 18.5 Å². The highest BCUT2D eigenvalue weighted by Gasteiger charge is 2.00. The SMILES string of the molecule is CCCNCc1cnc(Oc2ccc(Cl)cc2)cn1. The number of aromatic nitrogens is 2. The number of nitrogens with one attached hydrogen (secondary N) is 1. The molecule has 2 aromatic rings. The van der Waals surface area contributed by atoms with Crippen molar-refractivity contribution in [2.24, 2.45) is 0 Å². The van der Waals surface area contributed by atoms with Gasteiger partial charge in [0.05, 0.1) is 18.1 Å². The molecule has 2 rings (SSSR count). The monoisotopic (exact) mass is 277 g/mol. The van der Waals surface area contributed by atoms with Crippen LogP contribution in [0.5, 0.6) is 11.6 Å². The van der Waals surface area contributed by atoms with Crippen molar-refractivity contribution in [3.63, 3.8) is 0 Å². The van der Waals surface area contributed by atoms with Gasteiger partial charge in [-0.3, -0.25) is 4.98 Å². The average molecular weight is 278 g/mol. The quantitative estimate of drug-likeness (QED) is 0.822. The van der Waals surface area contributed by atoms with Crippen molar-refractivity contribution in [3.8, 4) is 11.6 Å². The Morgan fingerprint density at radius 3 is 2.58 bits per heavy atom. The maximum atomic E-state index is 5.81. The van der Waals surface area contributed by atoms with Gasteiger partial charge in [-0.2, -0.15) is 0 Å². The lowest BCUT2D eigenvalue weighted by Crippen LogP contribution is -2.14. The largest absolute Gasteiger partial charge is 0.438 e. The lowest BCUT2D eigenvalue weighted by molar-refractivity contribution is 0.458. The topological polar surface area (TPSA) is 47.0 Å². The Bertz CT molecular complexity index is 499. The molecule has 4 nitrogen and oxygen atoms in total. The molecule has 100 valence electrons. The fraction of sp³-hybridized carbons (Fsp3) is 0.286. The molecule has 19 heavy (non-hydrogen) atoms. The van der Waals surface area contributed by atoms with Crippen LogP contribution < -0.4 is 10.1 Å². The lowest BCUT2D eigenvalue weighted by Gasteiger charge is -2.05. The van der Waals surface area contributed by atoms with Gasteiger partial charge < -0.3 is 10.1 Å². The summed E-state index contributed by atoms with van der Waals surface area (Å²) in [5.74, 6) is 1.16. The van der Waals surface area contributed by atoms with Crippen molar-refractivity contribution >= 4 is 11.6 Å². The van der Waals surface area contributed by atoms with Crippen LogP contribution in [0.4, 0.5) is 0 Å². The maximum absolute atomic E-state index is 5.81. The van der Waals surface area contributed by atoms with Crippen molar-refractivity contribution in [1.29, 1.82) is 0 Å². The molecular formula is C14H16ClN3O. The molecule has 0 saturated carbocycles. The van der Waals surface area contributed by atoms with Crippen LogP contribution in [0.3, 0.4) is 0 Å². The molecule has 0 aliphatic heterocycles. The summed E-state index contributed by atoms with van der Waals surface area (Å²) in [6, 6.07) is 7.13. The van der Waals surface area contributed by atoms with Gasteiger partial charge in [-0.05, 0) is 37.2 Å². The third-order valence-corrected chi connectivity index (χ3v) is 2.70. The molecule has 1 N–H and O–H groups in total. The zero-order valence-electron chi connectivity index (χ0n) is 10.8. The van der Waals surface area contributed by atoms with Gasteiger partial charge >= 0.3 is 0 Å². The van der Waals surface area contributed by atoms with Crippen molar-refractivity contribution in [3.05, 3.63) is 47.4 Å². The molecule has 0 atom stereocenters. The summed E-state index contributed by atoms with van der Waals surface area (Å²) in [4.78, 5) is 8.51. The Kier molecular flexibility index (Phi) is 5.12. The van der Waals surface area contributed by atoms with Crippen molar-refractivity contribution in [2.45, 2.75) is 19.9 Å². The fourth-order valence-corrected chi connectivity index (χ4v) is 1.63. The number of rotatable bonds is 6. The van der Waals surface area contributed by atoms with Gasteiger partial charge in [-0.25, -0.2) is 4.98 Å². The standard InChI is InChI=1S/C14H16ClN3O/c1-2-7-16-8-12-9-18-14(10-17-12)19-13-5-3-11(15)4-6-13/h3-6,9-10,16H,2,7-8H2,1H3. The molecule has 0 aliphatic rings. The van der Waals surface area contributed by atoms with Crippen LogP contribution in [-0.4, -0.2) is 16.5 Å². The first-order chi connectivity index (χ1) is 9.28. The molecule has 1 aromatic heterocycles. The number of ether oxygens (including phenoxy) is 1. The molecule has 5 heteroatoms. The summed E-state index contributed by atoms with van der Waals surface area (Å²) in [7, 11) is 0.